The van der Waals surface area contributed by atoms with E-state index in [9.17, 15) is 9.18 Å². The zero-order chi connectivity index (χ0) is 23.8. The van der Waals surface area contributed by atoms with Crippen molar-refractivity contribution in [3.8, 4) is 16.9 Å². The summed E-state index contributed by atoms with van der Waals surface area (Å²) in [5, 5.41) is 4.80. The first-order chi connectivity index (χ1) is 16.4. The van der Waals surface area contributed by atoms with Crippen LogP contribution in [-0.4, -0.2) is 27.2 Å². The second-order valence-electron chi connectivity index (χ2n) is 8.17. The van der Waals surface area contributed by atoms with E-state index in [4.69, 9.17) is 15.6 Å². The van der Waals surface area contributed by atoms with E-state index in [-0.39, 0.29) is 24.4 Å². The Bertz CT molecular complexity index is 1320. The van der Waals surface area contributed by atoms with Crippen LogP contribution in [0.5, 0.6) is 0 Å². The smallest absolute Gasteiger partial charge is 0.251 e. The fourth-order valence-electron chi connectivity index (χ4n) is 4.16. The minimum Gasteiger partial charge on any atom is -0.399 e. The van der Waals surface area contributed by atoms with Crippen LogP contribution in [0.1, 0.15) is 30.3 Å². The lowest BCUT2D eigenvalue weighted by atomic mass is 10.0. The Hall–Kier alpha value is -3.49. The van der Waals surface area contributed by atoms with Crippen molar-refractivity contribution in [1.82, 2.24) is 14.7 Å². The van der Waals surface area contributed by atoms with Crippen LogP contribution in [0.4, 0.5) is 10.1 Å². The van der Waals surface area contributed by atoms with E-state index in [2.05, 4.69) is 15.9 Å². The Kier molecular flexibility index (Phi) is 5.93. The molecule has 2 atom stereocenters. The second kappa shape index (κ2) is 9.04. The molecule has 6 nitrogen and oxygen atoms in total. The number of nitrogens with zero attached hydrogens (tertiary/aromatic N) is 3. The molecule has 1 aliphatic heterocycles. The number of hydrogen-bond donors (Lipinski definition) is 1. The summed E-state index contributed by atoms with van der Waals surface area (Å²) < 4.78 is 22.3. The second-order valence-corrected chi connectivity index (χ2v) is 9.08. The number of amides is 1. The molecular formula is C26H22BrFN4O2. The molecule has 0 bridgehead atoms. The van der Waals surface area contributed by atoms with E-state index in [1.54, 1.807) is 21.7 Å². The average Bonchev–Trinajstić information content (AvgIpc) is 3.44. The average molecular weight is 521 g/mol. The molecule has 3 aromatic carbocycles. The number of rotatable bonds is 5. The third kappa shape index (κ3) is 4.22. The molecule has 1 aromatic heterocycles. The quantitative estimate of drug-likeness (QED) is 0.345. The summed E-state index contributed by atoms with van der Waals surface area (Å²) in [6.45, 7) is 1.93. The summed E-state index contributed by atoms with van der Waals surface area (Å²) in [5.41, 5.74) is 10.4. The summed E-state index contributed by atoms with van der Waals surface area (Å²) in [4.78, 5) is 14.7. The van der Waals surface area contributed by atoms with Crippen LogP contribution in [0.3, 0.4) is 0 Å². The Morgan fingerprint density at radius 3 is 2.41 bits per heavy atom. The maximum atomic E-state index is 13.6. The molecule has 172 valence electrons. The van der Waals surface area contributed by atoms with Crippen LogP contribution < -0.4 is 5.73 Å². The third-order valence-corrected chi connectivity index (χ3v) is 6.49. The third-order valence-electron chi connectivity index (χ3n) is 5.96. The van der Waals surface area contributed by atoms with Gasteiger partial charge in [0.15, 0.2) is 6.23 Å². The lowest BCUT2D eigenvalue weighted by molar-refractivity contribution is -0.130. The summed E-state index contributed by atoms with van der Waals surface area (Å²) >= 11 is 3.45. The first-order valence-corrected chi connectivity index (χ1v) is 11.6. The van der Waals surface area contributed by atoms with E-state index < -0.39 is 6.23 Å². The van der Waals surface area contributed by atoms with E-state index >= 15 is 0 Å². The first-order valence-electron chi connectivity index (χ1n) is 10.8. The lowest BCUT2D eigenvalue weighted by Gasteiger charge is -2.29. The van der Waals surface area contributed by atoms with Crippen molar-refractivity contribution in [2.75, 3.05) is 12.3 Å². The highest BCUT2D eigenvalue weighted by atomic mass is 79.9. The van der Waals surface area contributed by atoms with Gasteiger partial charge in [0.2, 0.25) is 0 Å². The fraction of sp³-hybridized carbons (Fsp3) is 0.154. The van der Waals surface area contributed by atoms with Crippen LogP contribution in [0.25, 0.3) is 16.9 Å². The number of nitrogen functional groups attached to an aromatic ring is 1. The van der Waals surface area contributed by atoms with Crippen LogP contribution >= 0.6 is 15.9 Å². The Labute approximate surface area is 204 Å². The maximum Gasteiger partial charge on any atom is 0.251 e. The number of ether oxygens (including phenoxy) is 1. The van der Waals surface area contributed by atoms with Gasteiger partial charge in [-0.25, -0.2) is 9.07 Å². The molecule has 1 saturated heterocycles. The Morgan fingerprint density at radius 2 is 1.74 bits per heavy atom. The van der Waals surface area contributed by atoms with Gasteiger partial charge in [-0.15, -0.1) is 0 Å². The van der Waals surface area contributed by atoms with E-state index in [0.29, 0.717) is 11.4 Å². The summed E-state index contributed by atoms with van der Waals surface area (Å²) in [6.07, 6.45) is 1.22. The summed E-state index contributed by atoms with van der Waals surface area (Å²) in [5.74, 6) is -0.445. The van der Waals surface area contributed by atoms with Crippen molar-refractivity contribution in [3.63, 3.8) is 0 Å². The van der Waals surface area contributed by atoms with Gasteiger partial charge in [-0.2, -0.15) is 5.10 Å². The standard InChI is InChI=1S/C26H22BrFN4O2/c1-16(17-4-10-21(29)11-5-17)32-24(33)15-34-26(32)23-14-31(22-12-6-19(27)7-13-22)30-25(23)18-2-8-20(28)9-3-18/h2-14,16,26H,15,29H2,1H3. The number of carbonyl (C=O) groups excluding carboxylic acids is 1. The number of anilines is 1. The first kappa shape index (κ1) is 22.3. The van der Waals surface area contributed by atoms with Crippen LogP contribution in [-0.2, 0) is 9.53 Å². The monoisotopic (exact) mass is 520 g/mol. The van der Waals surface area contributed by atoms with Crippen LogP contribution in [0.2, 0.25) is 0 Å². The van der Waals surface area contributed by atoms with Crippen molar-refractivity contribution in [1.29, 1.82) is 0 Å². The fourth-order valence-corrected chi connectivity index (χ4v) is 4.42. The number of benzene rings is 3. The summed E-state index contributed by atoms with van der Waals surface area (Å²) in [7, 11) is 0. The van der Waals surface area contributed by atoms with Crippen molar-refractivity contribution in [2.45, 2.75) is 19.2 Å². The molecule has 1 fully saturated rings. The zero-order valence-electron chi connectivity index (χ0n) is 18.4. The Balaban J connectivity index is 1.60. The minimum absolute atomic E-state index is 0.0314. The molecule has 34 heavy (non-hydrogen) atoms. The van der Waals surface area contributed by atoms with Crippen molar-refractivity contribution >= 4 is 27.5 Å². The molecule has 5 rings (SSSR count). The highest BCUT2D eigenvalue weighted by molar-refractivity contribution is 9.10. The number of aromatic nitrogens is 2. The SMILES string of the molecule is CC(c1ccc(N)cc1)N1C(=O)COC1c1cn(-c2ccc(Br)cc2)nc1-c1ccc(F)cc1. The van der Waals surface area contributed by atoms with E-state index in [1.165, 1.54) is 12.1 Å². The molecule has 1 aliphatic rings. The number of halogens is 2. The lowest BCUT2D eigenvalue weighted by Crippen LogP contribution is -2.31. The topological polar surface area (TPSA) is 73.4 Å². The van der Waals surface area contributed by atoms with Gasteiger partial charge >= 0.3 is 0 Å². The molecule has 0 radical (unpaired) electrons. The van der Waals surface area contributed by atoms with Gasteiger partial charge in [-0.1, -0.05) is 28.1 Å². The van der Waals surface area contributed by atoms with Crippen molar-refractivity contribution < 1.29 is 13.9 Å². The normalized spacial score (nSPS) is 16.7. The molecule has 8 heteroatoms. The number of carbonyl (C=O) groups is 1. The number of nitrogens with two attached hydrogens (primary N) is 1. The predicted octanol–water partition coefficient (Wildman–Crippen LogP) is 5.64. The van der Waals surface area contributed by atoms with E-state index in [1.807, 2.05) is 61.7 Å². The molecule has 1 amide bonds. The Morgan fingerprint density at radius 1 is 1.06 bits per heavy atom. The molecule has 2 heterocycles. The van der Waals surface area contributed by atoms with Gasteiger partial charge in [0.25, 0.3) is 5.91 Å². The molecule has 0 saturated carbocycles. The van der Waals surface area contributed by atoms with E-state index in [0.717, 1.165) is 26.9 Å². The molecule has 2 unspecified atom stereocenters. The van der Waals surface area contributed by atoms with Gasteiger partial charge in [-0.05, 0) is 73.2 Å². The highest BCUT2D eigenvalue weighted by Crippen LogP contribution is 2.40. The molecular weight excluding hydrogens is 499 g/mol. The maximum absolute atomic E-state index is 13.6. The summed E-state index contributed by atoms with van der Waals surface area (Å²) in [6, 6.07) is 21.1. The van der Waals surface area contributed by atoms with Crippen molar-refractivity contribution in [3.05, 3.63) is 100 Å². The van der Waals surface area contributed by atoms with Crippen molar-refractivity contribution in [2.24, 2.45) is 0 Å². The largest absolute Gasteiger partial charge is 0.399 e. The van der Waals surface area contributed by atoms with Gasteiger partial charge < -0.3 is 15.4 Å². The van der Waals surface area contributed by atoms with Gasteiger partial charge in [-0.3, -0.25) is 4.79 Å². The number of hydrogen-bond acceptors (Lipinski definition) is 4. The van der Waals surface area contributed by atoms with Crippen LogP contribution in [0.15, 0.2) is 83.5 Å². The molecule has 0 aliphatic carbocycles. The van der Waals surface area contributed by atoms with Gasteiger partial charge in [0.1, 0.15) is 18.1 Å². The minimum atomic E-state index is -0.649. The highest BCUT2D eigenvalue weighted by Gasteiger charge is 2.39. The molecule has 0 spiro atoms. The van der Waals surface area contributed by atoms with Crippen LogP contribution in [0, 0.1) is 5.82 Å². The molecule has 4 aromatic rings. The van der Waals surface area contributed by atoms with Gasteiger partial charge in [0, 0.05) is 27.5 Å². The molecule has 2 N–H and O–H groups in total. The van der Waals surface area contributed by atoms with Gasteiger partial charge in [0.05, 0.1) is 11.7 Å². The predicted molar refractivity (Wildman–Crippen MR) is 131 cm³/mol. The zero-order valence-corrected chi connectivity index (χ0v) is 19.9.